The van der Waals surface area contributed by atoms with Gasteiger partial charge in [-0.2, -0.15) is 0 Å². The van der Waals surface area contributed by atoms with Gasteiger partial charge in [0, 0.05) is 0 Å². The molecule has 2 fully saturated rings. The number of hydrogen-bond acceptors (Lipinski definition) is 4. The van der Waals surface area contributed by atoms with Crippen LogP contribution in [0.15, 0.2) is 53.0 Å². The van der Waals surface area contributed by atoms with Crippen molar-refractivity contribution in [2.24, 2.45) is 5.92 Å². The van der Waals surface area contributed by atoms with Gasteiger partial charge in [-0.05, 0) is 0 Å². The molecule has 1 unspecified atom stereocenters. The first-order chi connectivity index (χ1) is 19.9. The Kier molecular flexibility index (Phi) is 12.7. The molecule has 0 aliphatic carbocycles. The monoisotopic (exact) mass is 733 g/mol. The van der Waals surface area contributed by atoms with Crippen molar-refractivity contribution in [1.29, 1.82) is 0 Å². The first-order valence-corrected chi connectivity index (χ1v) is 24.5. The first kappa shape index (κ1) is 33.0. The van der Waals surface area contributed by atoms with E-state index >= 15 is 0 Å². The summed E-state index contributed by atoms with van der Waals surface area (Å²) in [5.41, 5.74) is 2.32. The van der Waals surface area contributed by atoms with Crippen LogP contribution in [0.4, 0.5) is 0 Å². The SMILES string of the molecule is CCC[CH2][Sn]([CH2]CCC)([CH2]CCC)[c]1ccc(C(O[C@H]2C[C@H]3CC[C@@H]([C@H]2C(=O)OC)N3C)c2ccc(Br)cc2)cc1. The summed E-state index contributed by atoms with van der Waals surface area (Å²) in [7, 11) is 3.67. The molecule has 5 atom stereocenters. The quantitative estimate of drug-likeness (QED) is 0.136. The molecular weight excluding hydrogens is 681 g/mol. The van der Waals surface area contributed by atoms with Crippen molar-refractivity contribution in [3.05, 3.63) is 64.1 Å². The van der Waals surface area contributed by atoms with Crippen LogP contribution in [-0.2, 0) is 14.3 Å². The Morgan fingerprint density at radius 3 is 1.95 bits per heavy atom. The third-order valence-corrected chi connectivity index (χ3v) is 26.2. The molecule has 41 heavy (non-hydrogen) atoms. The molecule has 2 saturated heterocycles. The van der Waals surface area contributed by atoms with E-state index in [1.54, 1.807) is 3.58 Å². The molecule has 2 bridgehead atoms. The number of ether oxygens (including phenoxy) is 2. The Hall–Kier alpha value is -0.891. The van der Waals surface area contributed by atoms with Gasteiger partial charge in [0.2, 0.25) is 0 Å². The van der Waals surface area contributed by atoms with Crippen LogP contribution in [0, 0.1) is 5.92 Å². The number of rotatable bonds is 15. The minimum atomic E-state index is -2.52. The summed E-state index contributed by atoms with van der Waals surface area (Å²) in [5, 5.41) is 0. The van der Waals surface area contributed by atoms with Crippen LogP contribution in [0.25, 0.3) is 0 Å². The van der Waals surface area contributed by atoms with E-state index in [0.717, 1.165) is 29.3 Å². The van der Waals surface area contributed by atoms with Crippen molar-refractivity contribution in [2.75, 3.05) is 14.2 Å². The van der Waals surface area contributed by atoms with Crippen LogP contribution in [0.5, 0.6) is 0 Å². The number of halogens is 1. The zero-order chi connectivity index (χ0) is 29.4. The van der Waals surface area contributed by atoms with E-state index in [4.69, 9.17) is 9.47 Å². The van der Waals surface area contributed by atoms with Crippen molar-refractivity contribution < 1.29 is 14.3 Å². The van der Waals surface area contributed by atoms with Crippen molar-refractivity contribution in [1.82, 2.24) is 4.90 Å². The second-order valence-corrected chi connectivity index (χ2v) is 26.7. The maximum atomic E-state index is 13.1. The molecule has 0 amide bonds. The van der Waals surface area contributed by atoms with Crippen LogP contribution in [0.2, 0.25) is 13.3 Å². The fraction of sp³-hybridized carbons (Fsp3) is 0.629. The van der Waals surface area contributed by atoms with Gasteiger partial charge in [-0.15, -0.1) is 0 Å². The molecule has 0 radical (unpaired) electrons. The van der Waals surface area contributed by atoms with Crippen molar-refractivity contribution in [2.45, 2.75) is 116 Å². The first-order valence-electron chi connectivity index (χ1n) is 16.2. The Labute approximate surface area is 262 Å². The second kappa shape index (κ2) is 15.7. The maximum absolute atomic E-state index is 13.1. The number of nitrogens with zero attached hydrogens (tertiary/aromatic N) is 1. The number of esters is 1. The number of fused-ring (bicyclic) bond motifs is 2. The van der Waals surface area contributed by atoms with Crippen molar-refractivity contribution in [3.63, 3.8) is 0 Å². The van der Waals surface area contributed by atoms with Crippen LogP contribution >= 0.6 is 15.9 Å². The molecule has 0 spiro atoms. The van der Waals surface area contributed by atoms with E-state index < -0.39 is 18.4 Å². The third-order valence-electron chi connectivity index (χ3n) is 10.0. The van der Waals surface area contributed by atoms with Crippen LogP contribution in [0.1, 0.15) is 95.8 Å². The molecule has 2 heterocycles. The number of hydrogen-bond donors (Lipinski definition) is 0. The number of carbonyl (C=O) groups excluding carboxylic acids is 1. The zero-order valence-electron chi connectivity index (χ0n) is 26.0. The summed E-state index contributed by atoms with van der Waals surface area (Å²) >= 11 is 1.09. The molecular formula is C35H52BrNO3Sn. The molecule has 0 N–H and O–H groups in total. The Balaban J connectivity index is 1.69. The molecule has 2 aliphatic rings. The van der Waals surface area contributed by atoms with Gasteiger partial charge in [0.15, 0.2) is 0 Å². The number of unbranched alkanes of at least 4 members (excludes halogenated alkanes) is 3. The van der Waals surface area contributed by atoms with Crippen molar-refractivity contribution in [3.8, 4) is 0 Å². The van der Waals surface area contributed by atoms with Crippen LogP contribution in [0.3, 0.4) is 0 Å². The Morgan fingerprint density at radius 2 is 1.44 bits per heavy atom. The van der Waals surface area contributed by atoms with Crippen LogP contribution < -0.4 is 3.58 Å². The Morgan fingerprint density at radius 1 is 0.902 bits per heavy atom. The van der Waals surface area contributed by atoms with E-state index in [-0.39, 0.29) is 30.1 Å². The summed E-state index contributed by atoms with van der Waals surface area (Å²) < 4.78 is 19.6. The van der Waals surface area contributed by atoms with E-state index in [9.17, 15) is 4.79 Å². The van der Waals surface area contributed by atoms with Gasteiger partial charge < -0.3 is 0 Å². The summed E-state index contributed by atoms with van der Waals surface area (Å²) in [5.74, 6) is -0.402. The van der Waals surface area contributed by atoms with Gasteiger partial charge >= 0.3 is 263 Å². The predicted molar refractivity (Wildman–Crippen MR) is 177 cm³/mol. The predicted octanol–water partition coefficient (Wildman–Crippen LogP) is 8.64. The number of piperidine rings is 1. The number of methoxy groups -OCH3 is 1. The Bertz CT molecular complexity index is 1070. The van der Waals surface area contributed by atoms with E-state index in [1.807, 2.05) is 0 Å². The number of carbonyl (C=O) groups is 1. The third kappa shape index (κ3) is 7.80. The fourth-order valence-electron chi connectivity index (χ4n) is 7.53. The van der Waals surface area contributed by atoms with Crippen LogP contribution in [-0.4, -0.2) is 61.6 Å². The van der Waals surface area contributed by atoms with Gasteiger partial charge in [-0.3, -0.25) is 0 Å². The summed E-state index contributed by atoms with van der Waals surface area (Å²) in [4.78, 5) is 15.5. The van der Waals surface area contributed by atoms with E-state index in [1.165, 1.54) is 64.5 Å². The second-order valence-electron chi connectivity index (χ2n) is 12.6. The molecule has 4 nitrogen and oxygen atoms in total. The van der Waals surface area contributed by atoms with Gasteiger partial charge in [0.05, 0.1) is 0 Å². The molecule has 6 heteroatoms. The fourth-order valence-corrected chi connectivity index (χ4v) is 23.7. The molecule has 2 aromatic rings. The molecule has 2 aromatic carbocycles. The van der Waals surface area contributed by atoms with Gasteiger partial charge in [-0.25, -0.2) is 0 Å². The topological polar surface area (TPSA) is 38.8 Å². The molecule has 0 saturated carbocycles. The minimum absolute atomic E-state index is 0.140. The summed E-state index contributed by atoms with van der Waals surface area (Å²) in [6.07, 6.45) is 10.6. The van der Waals surface area contributed by atoms with Gasteiger partial charge in [0.25, 0.3) is 0 Å². The number of benzene rings is 2. The van der Waals surface area contributed by atoms with Gasteiger partial charge in [-0.1, -0.05) is 0 Å². The summed E-state index contributed by atoms with van der Waals surface area (Å²) in [6, 6.07) is 18.8. The van der Waals surface area contributed by atoms with Crippen molar-refractivity contribution >= 4 is 43.9 Å². The zero-order valence-corrected chi connectivity index (χ0v) is 30.5. The van der Waals surface area contributed by atoms with E-state index in [0.29, 0.717) is 6.04 Å². The normalized spacial score (nSPS) is 23.5. The van der Waals surface area contributed by atoms with E-state index in [2.05, 4.69) is 97.2 Å². The average molecular weight is 733 g/mol. The molecule has 2 aliphatic heterocycles. The standard InChI is InChI=1S/C23H25BrNO3.3C4H9.Sn/c1-25-18-12-13-19(25)21(23(26)27-2)20(14-18)28-22(15-6-4-3-5-7-15)16-8-10-17(24)11-9-16;3*1-3-4-2;/h4-11,18-22H,12-14H2,1-2H3;3*1,3-4H2,2H3;/t18-,19+,20+,21-,22?;;;;/m1..../s1. The van der Waals surface area contributed by atoms with Gasteiger partial charge in [0.1, 0.15) is 0 Å². The molecule has 0 aromatic heterocycles. The average Bonchev–Trinajstić information content (AvgIpc) is 3.23. The molecule has 226 valence electrons. The molecule has 4 rings (SSSR count). The summed E-state index contributed by atoms with van der Waals surface area (Å²) in [6.45, 7) is 7.03.